The second-order valence-corrected chi connectivity index (χ2v) is 11.8. The molecule has 5 aromatic rings. The first kappa shape index (κ1) is 25.2. The first-order valence-electron chi connectivity index (χ1n) is 13.0. The zero-order chi connectivity index (χ0) is 27.4. The van der Waals surface area contributed by atoms with E-state index in [1.54, 1.807) is 43.5 Å². The number of pyridine rings is 1. The van der Waals surface area contributed by atoms with Crippen LogP contribution in [-0.4, -0.2) is 40.1 Å². The van der Waals surface area contributed by atoms with Crippen LogP contribution >= 0.6 is 0 Å². The van der Waals surface area contributed by atoms with Crippen molar-refractivity contribution in [2.45, 2.75) is 43.6 Å². The van der Waals surface area contributed by atoms with E-state index in [9.17, 15) is 13.2 Å². The number of carbonyl (C=O) groups is 1. The third-order valence-corrected chi connectivity index (χ3v) is 9.16. The summed E-state index contributed by atoms with van der Waals surface area (Å²) < 4.78 is 42.9. The Morgan fingerprint density at radius 1 is 1.08 bits per heavy atom. The maximum absolute atomic E-state index is 14.0. The highest BCUT2D eigenvalue weighted by molar-refractivity contribution is 7.90. The van der Waals surface area contributed by atoms with Crippen molar-refractivity contribution in [1.29, 1.82) is 0 Å². The maximum Gasteiger partial charge on any atom is 0.350 e. The number of esters is 1. The summed E-state index contributed by atoms with van der Waals surface area (Å²) in [6.07, 6.45) is 5.59. The minimum absolute atomic E-state index is 0.183. The zero-order valence-electron chi connectivity index (χ0n) is 22.0. The highest BCUT2D eigenvalue weighted by atomic mass is 32.2. The SMILES string of the molecule is CCOC(=O)C1(Oc2ccc3c(c2)c(-c2cc4cccnc4n2S(=O)(=O)c2ccc(C)cc2)cn3C)CCC1. The molecule has 0 atom stereocenters. The largest absolute Gasteiger partial charge is 0.476 e. The Bertz CT molecular complexity index is 1830. The van der Waals surface area contributed by atoms with E-state index in [1.165, 1.54) is 3.97 Å². The Kier molecular flexibility index (Phi) is 5.99. The van der Waals surface area contributed by atoms with E-state index in [4.69, 9.17) is 9.47 Å². The topological polar surface area (TPSA) is 92.4 Å². The van der Waals surface area contributed by atoms with Crippen LogP contribution < -0.4 is 4.74 Å². The normalized spacial score (nSPS) is 14.8. The molecule has 1 saturated carbocycles. The molecule has 39 heavy (non-hydrogen) atoms. The molecule has 200 valence electrons. The van der Waals surface area contributed by atoms with Crippen LogP contribution in [0.25, 0.3) is 33.2 Å². The van der Waals surface area contributed by atoms with E-state index in [2.05, 4.69) is 4.98 Å². The van der Waals surface area contributed by atoms with Gasteiger partial charge in [-0.1, -0.05) is 17.7 Å². The molecule has 0 N–H and O–H groups in total. The van der Waals surface area contributed by atoms with Gasteiger partial charge in [0.05, 0.1) is 17.2 Å². The predicted molar refractivity (Wildman–Crippen MR) is 149 cm³/mol. The number of benzene rings is 2. The Balaban J connectivity index is 1.53. The average Bonchev–Trinajstić information content (AvgIpc) is 3.44. The molecular formula is C30H29N3O5S. The Morgan fingerprint density at radius 2 is 1.85 bits per heavy atom. The van der Waals surface area contributed by atoms with E-state index in [-0.39, 0.29) is 10.9 Å². The van der Waals surface area contributed by atoms with Crippen LogP contribution in [0.15, 0.2) is 78.0 Å². The van der Waals surface area contributed by atoms with Crippen molar-refractivity contribution in [3.63, 3.8) is 0 Å². The number of rotatable bonds is 7. The van der Waals surface area contributed by atoms with Crippen molar-refractivity contribution in [1.82, 2.24) is 13.5 Å². The van der Waals surface area contributed by atoms with Gasteiger partial charge in [-0.05, 0) is 81.6 Å². The van der Waals surface area contributed by atoms with Gasteiger partial charge in [-0.25, -0.2) is 22.2 Å². The van der Waals surface area contributed by atoms with Gasteiger partial charge in [0.15, 0.2) is 5.65 Å². The Morgan fingerprint density at radius 3 is 2.54 bits per heavy atom. The van der Waals surface area contributed by atoms with Crippen LogP contribution in [0, 0.1) is 6.92 Å². The third-order valence-electron chi connectivity index (χ3n) is 7.44. The van der Waals surface area contributed by atoms with Crippen LogP contribution in [-0.2, 0) is 26.6 Å². The summed E-state index contributed by atoms with van der Waals surface area (Å²) in [4.78, 5) is 17.3. The fourth-order valence-electron chi connectivity index (χ4n) is 5.23. The van der Waals surface area contributed by atoms with Gasteiger partial charge in [-0.3, -0.25) is 0 Å². The predicted octanol–water partition coefficient (Wildman–Crippen LogP) is 5.61. The summed E-state index contributed by atoms with van der Waals surface area (Å²) in [5, 5.41) is 1.51. The molecule has 0 bridgehead atoms. The highest BCUT2D eigenvalue weighted by Gasteiger charge is 2.48. The number of fused-ring (bicyclic) bond motifs is 2. The van der Waals surface area contributed by atoms with Gasteiger partial charge in [0.1, 0.15) is 5.75 Å². The Labute approximate surface area is 226 Å². The molecule has 0 amide bonds. The molecule has 2 aromatic carbocycles. The summed E-state index contributed by atoms with van der Waals surface area (Å²) in [6, 6.07) is 17.9. The lowest BCUT2D eigenvalue weighted by atomic mass is 9.80. The standard InChI is InChI=1S/C30H29N3O5S/c1-4-37-29(34)30(14-6-15-30)38-22-10-13-26-24(18-22)25(19-32(26)3)27-17-21-7-5-16-31-28(21)33(27)39(35,36)23-11-8-20(2)9-12-23/h5,7-13,16-19H,4,6,14-15H2,1-3H3. The van der Waals surface area contributed by atoms with Crippen molar-refractivity contribution in [2.24, 2.45) is 7.05 Å². The van der Waals surface area contributed by atoms with Gasteiger partial charge in [0.2, 0.25) is 5.60 Å². The second kappa shape index (κ2) is 9.27. The molecule has 8 nitrogen and oxygen atoms in total. The zero-order valence-corrected chi connectivity index (χ0v) is 22.9. The molecular weight excluding hydrogens is 514 g/mol. The van der Waals surface area contributed by atoms with E-state index < -0.39 is 15.6 Å². The molecule has 0 aliphatic heterocycles. The number of carbonyl (C=O) groups excluding carboxylic acids is 1. The van der Waals surface area contributed by atoms with Crippen molar-refractivity contribution in [3.05, 3.63) is 78.6 Å². The van der Waals surface area contributed by atoms with Crippen molar-refractivity contribution >= 4 is 37.9 Å². The molecule has 9 heteroatoms. The van der Waals surface area contributed by atoms with Crippen LogP contribution in [0.5, 0.6) is 5.75 Å². The van der Waals surface area contributed by atoms with Gasteiger partial charge in [-0.2, -0.15) is 0 Å². The van der Waals surface area contributed by atoms with Gasteiger partial charge in [0.25, 0.3) is 10.0 Å². The summed E-state index contributed by atoms with van der Waals surface area (Å²) in [5.41, 5.74) is 2.45. The first-order chi connectivity index (χ1) is 18.7. The van der Waals surface area contributed by atoms with Gasteiger partial charge >= 0.3 is 5.97 Å². The number of hydrogen-bond donors (Lipinski definition) is 0. The molecule has 3 heterocycles. The van der Waals surface area contributed by atoms with Gasteiger partial charge in [0, 0.05) is 41.3 Å². The van der Waals surface area contributed by atoms with E-state index >= 15 is 0 Å². The highest BCUT2D eigenvalue weighted by Crippen LogP contribution is 2.41. The number of aryl methyl sites for hydroxylation is 2. The van der Waals surface area contributed by atoms with Crippen LogP contribution in [0.4, 0.5) is 0 Å². The molecule has 0 radical (unpaired) electrons. The van der Waals surface area contributed by atoms with Gasteiger partial charge < -0.3 is 14.0 Å². The quantitative estimate of drug-likeness (QED) is 0.248. The third kappa shape index (κ3) is 4.08. The summed E-state index contributed by atoms with van der Waals surface area (Å²) >= 11 is 0. The van der Waals surface area contributed by atoms with Crippen molar-refractivity contribution in [3.8, 4) is 17.0 Å². The van der Waals surface area contributed by atoms with Crippen molar-refractivity contribution in [2.75, 3.05) is 6.61 Å². The van der Waals surface area contributed by atoms with Gasteiger partial charge in [-0.15, -0.1) is 0 Å². The smallest absolute Gasteiger partial charge is 0.350 e. The lowest BCUT2D eigenvalue weighted by Crippen LogP contribution is -2.51. The fraction of sp³-hybridized carbons (Fsp3) is 0.267. The molecule has 0 spiro atoms. The fourth-order valence-corrected chi connectivity index (χ4v) is 6.71. The van der Waals surface area contributed by atoms with Crippen LogP contribution in [0.3, 0.4) is 0 Å². The maximum atomic E-state index is 14.0. The van der Waals surface area contributed by atoms with Crippen LogP contribution in [0.2, 0.25) is 0 Å². The molecule has 6 rings (SSSR count). The van der Waals surface area contributed by atoms with E-state index in [0.717, 1.165) is 22.9 Å². The minimum Gasteiger partial charge on any atom is -0.476 e. The first-order valence-corrected chi connectivity index (χ1v) is 14.4. The summed E-state index contributed by atoms with van der Waals surface area (Å²) in [7, 11) is -2.06. The molecule has 1 aliphatic rings. The lowest BCUT2D eigenvalue weighted by Gasteiger charge is -2.39. The number of aromatic nitrogens is 3. The molecule has 0 saturated heterocycles. The number of nitrogens with zero attached hydrogens (tertiary/aromatic N) is 3. The molecule has 1 fully saturated rings. The monoisotopic (exact) mass is 543 g/mol. The summed E-state index contributed by atoms with van der Waals surface area (Å²) in [6.45, 7) is 3.99. The molecule has 1 aliphatic carbocycles. The Hall–Kier alpha value is -4.11. The number of ether oxygens (including phenoxy) is 2. The van der Waals surface area contributed by atoms with Crippen molar-refractivity contribution < 1.29 is 22.7 Å². The number of hydrogen-bond acceptors (Lipinski definition) is 6. The second-order valence-electron chi connectivity index (χ2n) is 10.0. The molecule has 3 aromatic heterocycles. The summed E-state index contributed by atoms with van der Waals surface area (Å²) in [5.74, 6) is 0.185. The van der Waals surface area contributed by atoms with E-state index in [0.29, 0.717) is 47.5 Å². The molecule has 0 unspecified atom stereocenters. The van der Waals surface area contributed by atoms with Crippen LogP contribution in [0.1, 0.15) is 31.7 Å². The minimum atomic E-state index is -3.98. The average molecular weight is 544 g/mol. The lowest BCUT2D eigenvalue weighted by molar-refractivity contribution is -0.169. The van der Waals surface area contributed by atoms with E-state index in [1.807, 2.05) is 55.1 Å².